The van der Waals surface area contributed by atoms with E-state index in [0.29, 0.717) is 22.4 Å². The van der Waals surface area contributed by atoms with Gasteiger partial charge in [-0.3, -0.25) is 52.6 Å². The third kappa shape index (κ3) is 20.9. The van der Waals surface area contributed by atoms with Crippen molar-refractivity contribution in [3.63, 3.8) is 0 Å². The topological polar surface area (TPSA) is 358 Å². The predicted octanol–water partition coefficient (Wildman–Crippen LogP) is 6.85. The fourth-order valence-corrected chi connectivity index (χ4v) is 17.4. The summed E-state index contributed by atoms with van der Waals surface area (Å²) in [6.45, 7) is 21.0. The first-order chi connectivity index (χ1) is 47.7. The van der Waals surface area contributed by atoms with Crippen molar-refractivity contribution in [1.82, 2.24) is 15.0 Å². The first kappa shape index (κ1) is 80.2. The normalized spacial score (nSPS) is 35.4. The number of carbonyl (C=O) groups is 10. The van der Waals surface area contributed by atoms with Gasteiger partial charge in [0.05, 0.1) is 25.5 Å². The second-order valence-corrected chi connectivity index (χ2v) is 29.3. The molecule has 0 amide bonds. The molecule has 0 spiro atoms. The minimum atomic E-state index is -2.07. The molecule has 8 rings (SSSR count). The molecule has 24 atom stereocenters. The van der Waals surface area contributed by atoms with Crippen LogP contribution in [0.25, 0.3) is 0 Å². The molecule has 568 valence electrons. The summed E-state index contributed by atoms with van der Waals surface area (Å²) in [6.07, 6.45) is -9.78. The molecule has 4 aliphatic carbocycles. The molecule has 0 radical (unpaired) electrons. The third-order valence-corrected chi connectivity index (χ3v) is 21.5. The Bertz CT molecular complexity index is 3030. The van der Waals surface area contributed by atoms with Gasteiger partial charge in [0.15, 0.2) is 67.7 Å². The van der Waals surface area contributed by atoms with Gasteiger partial charge in [-0.25, -0.2) is 0 Å². The summed E-state index contributed by atoms with van der Waals surface area (Å²) >= 11 is 0. The summed E-state index contributed by atoms with van der Waals surface area (Å²) in [5, 5.41) is 8.83. The number of ether oxygens (including phenoxy) is 17. The quantitative estimate of drug-likeness (QED) is 0.0431. The average Bonchev–Trinajstić information content (AvgIpc) is 1.67. The van der Waals surface area contributed by atoms with E-state index in [0.717, 1.165) is 124 Å². The summed E-state index contributed by atoms with van der Waals surface area (Å²) in [5.74, 6) is -4.06. The number of hydrogen-bond acceptors (Lipinski definition) is 29. The van der Waals surface area contributed by atoms with E-state index in [1.165, 1.54) is 57.8 Å². The van der Waals surface area contributed by atoms with Crippen LogP contribution in [0.15, 0.2) is 6.20 Å². The van der Waals surface area contributed by atoms with E-state index in [1.807, 2.05) is 0 Å². The average molecular weight is 1430 g/mol. The first-order valence-electron chi connectivity index (χ1n) is 35.7. The Morgan fingerprint density at radius 3 is 1.46 bits per heavy atom. The zero-order chi connectivity index (χ0) is 73.8. The van der Waals surface area contributed by atoms with E-state index in [2.05, 4.69) is 44.9 Å². The Kier molecular flexibility index (Phi) is 28.5. The zero-order valence-electron chi connectivity index (χ0n) is 61.2. The maximum atomic E-state index is 13.5. The number of aryl methyl sites for hydroxylation is 1. The molecule has 101 heavy (non-hydrogen) atoms. The van der Waals surface area contributed by atoms with Crippen LogP contribution in [0.5, 0.6) is 0 Å². The maximum absolute atomic E-state index is 13.5. The first-order valence-corrected chi connectivity index (χ1v) is 35.7. The van der Waals surface area contributed by atoms with Crippen molar-refractivity contribution < 1.29 is 128 Å². The Hall–Kier alpha value is -6.44. The molecule has 0 bridgehead atoms. The molecule has 1 aromatic heterocycles. The number of aromatic nitrogens is 3. The Morgan fingerprint density at radius 1 is 0.485 bits per heavy atom. The highest BCUT2D eigenvalue weighted by atomic mass is 16.8. The third-order valence-electron chi connectivity index (χ3n) is 21.5. The number of hydrogen-bond donors (Lipinski definition) is 0. The van der Waals surface area contributed by atoms with Crippen LogP contribution < -0.4 is 0 Å². The summed E-state index contributed by atoms with van der Waals surface area (Å²) in [5.41, 5.74) is 1.37. The second kappa shape index (κ2) is 35.8. The molecule has 4 heterocycles. The lowest BCUT2D eigenvalue weighted by atomic mass is 9.44. The SMILES string of the molecule is CC(=O)OC[C@H]1O[C@H](O[C@@H]2[C@H](OC(C)=O)[C@@H](O[C@@H]3[C@@H](OCCCn4cc(COC5CC[C@@]6(C)C(CC[C@H]7[C@@H]8CC[C@H]([C@H](C)CCCC(C)C)[C@@]8(C)CC[C@@H]76)C5)nn4)O[C@H](COC(C)=O)[C@@H](OC(C)=O)[C@@H]3OC(C)=O)O[C@H](COC(C)=O)[C@H]2OC(C)=O)[C@@H](OC(C)=O)[C@@H](OC(C)=O)[C@@H]1OC(C)=O. The molecule has 7 aliphatic rings. The van der Waals surface area contributed by atoms with E-state index in [1.54, 1.807) is 10.9 Å². The molecule has 30 heteroatoms. The van der Waals surface area contributed by atoms with Crippen LogP contribution in [0.4, 0.5) is 0 Å². The Balaban J connectivity index is 1.02. The van der Waals surface area contributed by atoms with Crippen molar-refractivity contribution in [3.05, 3.63) is 11.9 Å². The van der Waals surface area contributed by atoms with Crippen molar-refractivity contribution >= 4 is 59.7 Å². The highest BCUT2D eigenvalue weighted by Crippen LogP contribution is 2.68. The van der Waals surface area contributed by atoms with Gasteiger partial charge in [-0.2, -0.15) is 0 Å². The number of nitrogens with zero attached hydrogens (tertiary/aromatic N) is 3. The van der Waals surface area contributed by atoms with Crippen molar-refractivity contribution in [2.24, 2.45) is 52.3 Å². The van der Waals surface area contributed by atoms with Crippen LogP contribution >= 0.6 is 0 Å². The van der Waals surface area contributed by atoms with Gasteiger partial charge in [0.25, 0.3) is 0 Å². The smallest absolute Gasteiger partial charge is 0.303 e. The number of esters is 10. The van der Waals surface area contributed by atoms with Gasteiger partial charge in [0.1, 0.15) is 49.9 Å². The molecule has 4 saturated carbocycles. The van der Waals surface area contributed by atoms with E-state index >= 15 is 0 Å². The van der Waals surface area contributed by atoms with Gasteiger partial charge in [-0.05, 0) is 116 Å². The van der Waals surface area contributed by atoms with Gasteiger partial charge in [0.2, 0.25) is 0 Å². The summed E-state index contributed by atoms with van der Waals surface area (Å²) < 4.78 is 103. The molecule has 30 nitrogen and oxygen atoms in total. The zero-order valence-corrected chi connectivity index (χ0v) is 61.2. The van der Waals surface area contributed by atoms with E-state index in [9.17, 15) is 47.9 Å². The lowest BCUT2D eigenvalue weighted by Gasteiger charge is -2.61. The van der Waals surface area contributed by atoms with Crippen molar-refractivity contribution in [2.45, 2.75) is 299 Å². The van der Waals surface area contributed by atoms with Crippen molar-refractivity contribution in [1.29, 1.82) is 0 Å². The van der Waals surface area contributed by atoms with E-state index < -0.39 is 172 Å². The molecular formula is C71H107N3O27. The van der Waals surface area contributed by atoms with Gasteiger partial charge in [0, 0.05) is 75.8 Å². The molecule has 1 aromatic rings. The molecule has 0 N–H and O–H groups in total. The van der Waals surface area contributed by atoms with Crippen LogP contribution in [0.1, 0.15) is 193 Å². The van der Waals surface area contributed by atoms with Crippen LogP contribution in [-0.2, 0) is 142 Å². The lowest BCUT2D eigenvalue weighted by Crippen LogP contribution is -2.69. The molecule has 3 aliphatic heterocycles. The van der Waals surface area contributed by atoms with Crippen LogP contribution in [0, 0.1) is 52.3 Å². The standard InChI is InChI=1S/C71H107N3O27/c1-36(2)18-16-19-37(3)52-22-23-53-51-21-20-48-30-50(24-26-70(48,14)54(51)25-27-71(52,53)15)89-32-49-31-74(73-72-49)28-17-29-85-67-64(61(93-44(10)81)58(90-41(7)78)55(97-67)33-86-38(4)75)101-69-66(96-47(13)84)63(60(92-43(9)80)57(99-69)35-88-40(6)77)100-68-65(95-46(12)83)62(94-45(11)82)59(91-42(8)79)56(98-68)34-87-39(5)76/h31,36-37,48,50-69H,16-30,32-35H2,1-15H3/t37-,48?,50?,51+,52-,53+,54+,55-,56-,57-,58-,59-,60-,61+,62+,63+,64+,65+,66+,67+,68-,69-,70+,71-/m1/s1. The minimum Gasteiger partial charge on any atom is -0.463 e. The molecular weight excluding hydrogens is 1330 g/mol. The summed E-state index contributed by atoms with van der Waals surface area (Å²) in [4.78, 5) is 129. The van der Waals surface area contributed by atoms with Gasteiger partial charge in [-0.15, -0.1) is 5.10 Å². The fourth-order valence-electron chi connectivity index (χ4n) is 17.4. The maximum Gasteiger partial charge on any atom is 0.303 e. The van der Waals surface area contributed by atoms with E-state index in [4.69, 9.17) is 80.5 Å². The van der Waals surface area contributed by atoms with Gasteiger partial charge in [-0.1, -0.05) is 59.1 Å². The molecule has 7 fully saturated rings. The predicted molar refractivity (Wildman–Crippen MR) is 347 cm³/mol. The van der Waals surface area contributed by atoms with Crippen molar-refractivity contribution in [3.8, 4) is 0 Å². The minimum absolute atomic E-state index is 0.0886. The second-order valence-electron chi connectivity index (χ2n) is 29.3. The fraction of sp³-hybridized carbons (Fsp3) is 0.831. The number of rotatable bonds is 30. The Morgan fingerprint density at radius 2 is 0.941 bits per heavy atom. The Labute approximate surface area is 590 Å². The number of fused-ring (bicyclic) bond motifs is 5. The lowest BCUT2D eigenvalue weighted by molar-refractivity contribution is -0.386. The highest BCUT2D eigenvalue weighted by molar-refractivity contribution is 5.70. The molecule has 2 unspecified atom stereocenters. The molecule has 0 aromatic carbocycles. The summed E-state index contributed by atoms with van der Waals surface area (Å²) in [6, 6.07) is 0. The number of carbonyl (C=O) groups excluding carboxylic acids is 10. The van der Waals surface area contributed by atoms with Gasteiger partial charge < -0.3 is 80.5 Å². The van der Waals surface area contributed by atoms with Gasteiger partial charge >= 0.3 is 59.7 Å². The monoisotopic (exact) mass is 1430 g/mol. The largest absolute Gasteiger partial charge is 0.463 e. The summed E-state index contributed by atoms with van der Waals surface area (Å²) in [7, 11) is 0. The highest BCUT2D eigenvalue weighted by Gasteiger charge is 2.63. The van der Waals surface area contributed by atoms with E-state index in [-0.39, 0.29) is 32.3 Å². The van der Waals surface area contributed by atoms with Crippen LogP contribution in [0.3, 0.4) is 0 Å². The molecule has 3 saturated heterocycles. The van der Waals surface area contributed by atoms with Crippen LogP contribution in [0.2, 0.25) is 0 Å². The van der Waals surface area contributed by atoms with Crippen molar-refractivity contribution in [2.75, 3.05) is 26.4 Å². The van der Waals surface area contributed by atoms with Crippen LogP contribution in [-0.4, -0.2) is 199 Å².